The maximum atomic E-state index is 12.0. The van der Waals surface area contributed by atoms with Crippen LogP contribution in [0.4, 0.5) is 0 Å². The lowest BCUT2D eigenvalue weighted by Gasteiger charge is -2.09. The molecular formula is C15H16N2O3. The van der Waals surface area contributed by atoms with Crippen LogP contribution >= 0.6 is 0 Å². The molecule has 0 saturated carbocycles. The lowest BCUT2D eigenvalue weighted by Crippen LogP contribution is -2.25. The first kappa shape index (κ1) is 13.9. The van der Waals surface area contributed by atoms with Crippen LogP contribution < -0.4 is 10.1 Å². The van der Waals surface area contributed by atoms with Crippen molar-refractivity contribution in [1.82, 2.24) is 10.3 Å². The largest absolute Gasteiger partial charge is 0.504 e. The molecule has 0 atom stereocenters. The number of aromatic nitrogens is 1. The third-order valence-electron chi connectivity index (χ3n) is 2.91. The second-order valence-electron chi connectivity index (χ2n) is 4.22. The van der Waals surface area contributed by atoms with Crippen LogP contribution in [0.2, 0.25) is 0 Å². The number of aromatic hydroxyl groups is 1. The normalized spacial score (nSPS) is 10.1. The van der Waals surface area contributed by atoms with Crippen molar-refractivity contribution >= 4 is 5.91 Å². The topological polar surface area (TPSA) is 71.5 Å². The highest BCUT2D eigenvalue weighted by molar-refractivity contribution is 5.97. The highest BCUT2D eigenvalue weighted by atomic mass is 16.5. The van der Waals surface area contributed by atoms with Gasteiger partial charge in [0.15, 0.2) is 11.5 Å². The molecule has 0 unspecified atom stereocenters. The fourth-order valence-corrected chi connectivity index (χ4v) is 1.84. The van der Waals surface area contributed by atoms with Crippen LogP contribution in [0.1, 0.15) is 15.9 Å². The summed E-state index contributed by atoms with van der Waals surface area (Å²) in [4.78, 5) is 15.9. The molecule has 1 aromatic carbocycles. The number of rotatable bonds is 5. The number of para-hydroxylation sites is 1. The molecule has 0 fully saturated rings. The Hall–Kier alpha value is -2.56. The number of nitrogens with zero attached hydrogens (tertiary/aromatic N) is 1. The Morgan fingerprint density at radius 3 is 2.75 bits per heavy atom. The number of phenolic OH excluding ortho intramolecular Hbond substituents is 1. The second-order valence-corrected chi connectivity index (χ2v) is 4.22. The van der Waals surface area contributed by atoms with Crippen LogP contribution in [-0.2, 0) is 6.42 Å². The van der Waals surface area contributed by atoms with Crippen molar-refractivity contribution in [2.75, 3.05) is 13.7 Å². The molecule has 0 spiro atoms. The molecule has 0 aliphatic carbocycles. The summed E-state index contributed by atoms with van der Waals surface area (Å²) in [5, 5.41) is 12.6. The molecule has 1 amide bonds. The average molecular weight is 272 g/mol. The summed E-state index contributed by atoms with van der Waals surface area (Å²) in [6.07, 6.45) is 4.13. The van der Waals surface area contributed by atoms with E-state index in [1.54, 1.807) is 30.6 Å². The summed E-state index contributed by atoms with van der Waals surface area (Å²) in [6, 6.07) is 8.61. The number of hydrogen-bond donors (Lipinski definition) is 2. The molecule has 2 rings (SSSR count). The zero-order chi connectivity index (χ0) is 14.4. The highest BCUT2D eigenvalue weighted by Gasteiger charge is 2.13. The Morgan fingerprint density at radius 2 is 2.05 bits per heavy atom. The van der Waals surface area contributed by atoms with Crippen molar-refractivity contribution in [3.8, 4) is 11.5 Å². The molecule has 2 aromatic rings. The number of nitrogens with one attached hydrogen (secondary N) is 1. The van der Waals surface area contributed by atoms with Crippen LogP contribution in [-0.4, -0.2) is 29.7 Å². The molecule has 0 radical (unpaired) electrons. The van der Waals surface area contributed by atoms with Gasteiger partial charge in [0, 0.05) is 18.9 Å². The van der Waals surface area contributed by atoms with Crippen molar-refractivity contribution in [3.63, 3.8) is 0 Å². The lowest BCUT2D eigenvalue weighted by molar-refractivity contribution is 0.0951. The Labute approximate surface area is 117 Å². The van der Waals surface area contributed by atoms with Gasteiger partial charge in [-0.2, -0.15) is 0 Å². The van der Waals surface area contributed by atoms with Crippen LogP contribution in [0.5, 0.6) is 11.5 Å². The van der Waals surface area contributed by atoms with Gasteiger partial charge >= 0.3 is 0 Å². The zero-order valence-corrected chi connectivity index (χ0v) is 11.2. The van der Waals surface area contributed by atoms with Gasteiger partial charge in [0.05, 0.1) is 12.7 Å². The first-order valence-electron chi connectivity index (χ1n) is 6.25. The summed E-state index contributed by atoms with van der Waals surface area (Å²) in [7, 11) is 1.44. The van der Waals surface area contributed by atoms with Crippen LogP contribution in [0.3, 0.4) is 0 Å². The maximum Gasteiger partial charge on any atom is 0.255 e. The molecule has 0 bridgehead atoms. The summed E-state index contributed by atoms with van der Waals surface area (Å²) in [5.74, 6) is -0.182. The second kappa shape index (κ2) is 6.56. The van der Waals surface area contributed by atoms with E-state index in [0.29, 0.717) is 13.0 Å². The van der Waals surface area contributed by atoms with Gasteiger partial charge in [0.1, 0.15) is 0 Å². The Morgan fingerprint density at radius 1 is 1.30 bits per heavy atom. The molecule has 1 aromatic heterocycles. The Balaban J connectivity index is 1.95. The van der Waals surface area contributed by atoms with Gasteiger partial charge in [-0.15, -0.1) is 0 Å². The number of hydrogen-bond acceptors (Lipinski definition) is 4. The predicted molar refractivity (Wildman–Crippen MR) is 74.9 cm³/mol. The van der Waals surface area contributed by atoms with Crippen molar-refractivity contribution in [3.05, 3.63) is 53.9 Å². The molecule has 5 nitrogen and oxygen atoms in total. The summed E-state index contributed by atoms with van der Waals surface area (Å²) < 4.78 is 4.97. The highest BCUT2D eigenvalue weighted by Crippen LogP contribution is 2.29. The molecule has 0 saturated heterocycles. The number of amides is 1. The van der Waals surface area contributed by atoms with E-state index in [4.69, 9.17) is 4.74 Å². The quantitative estimate of drug-likeness (QED) is 0.870. The minimum Gasteiger partial charge on any atom is -0.504 e. The predicted octanol–water partition coefficient (Wildman–Crippen LogP) is 1.77. The van der Waals surface area contributed by atoms with E-state index >= 15 is 0 Å². The minimum absolute atomic E-state index is 0.142. The molecular weight excluding hydrogens is 256 g/mol. The third kappa shape index (κ3) is 3.26. The van der Waals surface area contributed by atoms with Crippen molar-refractivity contribution in [2.24, 2.45) is 0 Å². The van der Waals surface area contributed by atoms with Crippen LogP contribution in [0, 0.1) is 0 Å². The maximum absolute atomic E-state index is 12.0. The van der Waals surface area contributed by atoms with Gasteiger partial charge in [-0.3, -0.25) is 9.78 Å². The molecule has 104 valence electrons. The van der Waals surface area contributed by atoms with Gasteiger partial charge < -0.3 is 15.2 Å². The summed E-state index contributed by atoms with van der Waals surface area (Å²) in [6.45, 7) is 0.486. The van der Waals surface area contributed by atoms with Crippen molar-refractivity contribution < 1.29 is 14.6 Å². The number of carbonyl (C=O) groups is 1. The van der Waals surface area contributed by atoms with E-state index in [2.05, 4.69) is 10.3 Å². The zero-order valence-electron chi connectivity index (χ0n) is 11.2. The number of benzene rings is 1. The van der Waals surface area contributed by atoms with Gasteiger partial charge in [0.25, 0.3) is 5.91 Å². The number of pyridine rings is 1. The Bertz CT molecular complexity index is 585. The molecule has 1 heterocycles. The minimum atomic E-state index is -0.324. The molecule has 20 heavy (non-hydrogen) atoms. The first-order valence-corrected chi connectivity index (χ1v) is 6.25. The standard InChI is InChI=1S/C15H16N2O3/c1-20-13-4-2-3-12(14(13)18)15(19)17-10-7-11-5-8-16-9-6-11/h2-6,8-9,18H,7,10H2,1H3,(H,17,19). The fraction of sp³-hybridized carbons (Fsp3) is 0.200. The number of methoxy groups -OCH3 is 1. The van der Waals surface area contributed by atoms with Gasteiger partial charge in [-0.05, 0) is 36.2 Å². The van der Waals surface area contributed by atoms with E-state index in [-0.39, 0.29) is 23.0 Å². The molecule has 0 aliphatic heterocycles. The van der Waals surface area contributed by atoms with Gasteiger partial charge in [0.2, 0.25) is 0 Å². The van der Waals surface area contributed by atoms with E-state index in [9.17, 15) is 9.90 Å². The van der Waals surface area contributed by atoms with Gasteiger partial charge in [-0.25, -0.2) is 0 Å². The smallest absolute Gasteiger partial charge is 0.255 e. The molecule has 2 N–H and O–H groups in total. The van der Waals surface area contributed by atoms with E-state index in [1.165, 1.54) is 7.11 Å². The van der Waals surface area contributed by atoms with Crippen molar-refractivity contribution in [1.29, 1.82) is 0 Å². The first-order chi connectivity index (χ1) is 9.72. The molecule has 0 aliphatic rings. The average Bonchev–Trinajstić information content (AvgIpc) is 2.48. The third-order valence-corrected chi connectivity index (χ3v) is 2.91. The number of phenols is 1. The fourth-order valence-electron chi connectivity index (χ4n) is 1.84. The van der Waals surface area contributed by atoms with E-state index in [1.807, 2.05) is 12.1 Å². The summed E-state index contributed by atoms with van der Waals surface area (Å²) >= 11 is 0. The van der Waals surface area contributed by atoms with Crippen LogP contribution in [0.15, 0.2) is 42.7 Å². The molecule has 5 heteroatoms. The van der Waals surface area contributed by atoms with E-state index in [0.717, 1.165) is 5.56 Å². The van der Waals surface area contributed by atoms with Crippen LogP contribution in [0.25, 0.3) is 0 Å². The SMILES string of the molecule is COc1cccc(C(=O)NCCc2ccncc2)c1O. The number of ether oxygens (including phenoxy) is 1. The Kier molecular flexibility index (Phi) is 4.55. The summed E-state index contributed by atoms with van der Waals surface area (Å²) in [5.41, 5.74) is 1.30. The van der Waals surface area contributed by atoms with E-state index < -0.39 is 0 Å². The van der Waals surface area contributed by atoms with Crippen molar-refractivity contribution in [2.45, 2.75) is 6.42 Å². The monoisotopic (exact) mass is 272 g/mol. The number of carbonyl (C=O) groups excluding carboxylic acids is 1. The van der Waals surface area contributed by atoms with Gasteiger partial charge in [-0.1, -0.05) is 6.07 Å². The lowest BCUT2D eigenvalue weighted by atomic mass is 10.1.